The van der Waals surface area contributed by atoms with Gasteiger partial charge in [-0.3, -0.25) is 4.79 Å². The second kappa shape index (κ2) is 3.81. The molecule has 0 bridgehead atoms. The van der Waals surface area contributed by atoms with Gasteiger partial charge < -0.3 is 0 Å². The van der Waals surface area contributed by atoms with E-state index in [0.29, 0.717) is 17.3 Å². The van der Waals surface area contributed by atoms with Gasteiger partial charge in [-0.1, -0.05) is 26.0 Å². The first-order valence-corrected chi connectivity index (χ1v) is 7.30. The summed E-state index contributed by atoms with van der Waals surface area (Å²) in [5.74, 6) is 0.253. The van der Waals surface area contributed by atoms with Gasteiger partial charge in [0.1, 0.15) is 5.82 Å². The predicted octanol–water partition coefficient (Wildman–Crippen LogP) is 3.31. The summed E-state index contributed by atoms with van der Waals surface area (Å²) >= 11 is 0. The number of halogens is 1. The average Bonchev–Trinajstić information content (AvgIpc) is 2.82. The molecule has 2 atom stereocenters. The Morgan fingerprint density at radius 2 is 2.10 bits per heavy atom. The van der Waals surface area contributed by atoms with E-state index in [-0.39, 0.29) is 11.5 Å². The molecule has 2 aromatic rings. The van der Waals surface area contributed by atoms with Gasteiger partial charge in [0.15, 0.2) is 0 Å². The molecule has 0 spiro atoms. The highest BCUT2D eigenvalue weighted by Gasteiger charge is 2.64. The molecule has 0 radical (unpaired) electrons. The van der Waals surface area contributed by atoms with E-state index in [4.69, 9.17) is 0 Å². The lowest BCUT2D eigenvalue weighted by Gasteiger charge is -2.10. The summed E-state index contributed by atoms with van der Waals surface area (Å²) in [7, 11) is 0. The van der Waals surface area contributed by atoms with Crippen LogP contribution in [0.5, 0.6) is 0 Å². The third-order valence-electron chi connectivity index (χ3n) is 5.28. The number of nitrogens with zero attached hydrogens (tertiary/aromatic N) is 2. The zero-order valence-corrected chi connectivity index (χ0v) is 12.4. The van der Waals surface area contributed by atoms with Gasteiger partial charge in [-0.05, 0) is 42.7 Å². The van der Waals surface area contributed by atoms with Crippen molar-refractivity contribution in [3.8, 4) is 0 Å². The molecule has 2 aliphatic rings. The van der Waals surface area contributed by atoms with Crippen LogP contribution in [0.1, 0.15) is 47.1 Å². The molecule has 3 nitrogen and oxygen atoms in total. The van der Waals surface area contributed by atoms with Crippen LogP contribution in [-0.2, 0) is 6.42 Å². The largest absolute Gasteiger partial charge is 0.281 e. The van der Waals surface area contributed by atoms with Crippen molar-refractivity contribution in [2.24, 2.45) is 11.3 Å². The van der Waals surface area contributed by atoms with Crippen molar-refractivity contribution in [2.75, 3.05) is 0 Å². The number of rotatable bonds is 1. The average molecular weight is 284 g/mol. The van der Waals surface area contributed by atoms with E-state index in [9.17, 15) is 9.18 Å². The highest BCUT2D eigenvalue weighted by molar-refractivity contribution is 5.96. The van der Waals surface area contributed by atoms with Crippen molar-refractivity contribution in [1.82, 2.24) is 9.78 Å². The van der Waals surface area contributed by atoms with Crippen molar-refractivity contribution in [2.45, 2.75) is 33.1 Å². The van der Waals surface area contributed by atoms with E-state index >= 15 is 0 Å². The minimum absolute atomic E-state index is 0.0858. The van der Waals surface area contributed by atoms with Crippen LogP contribution in [-0.4, -0.2) is 15.7 Å². The Morgan fingerprint density at radius 3 is 2.81 bits per heavy atom. The maximum Gasteiger partial charge on any atom is 0.281 e. The second-order valence-electron chi connectivity index (χ2n) is 6.75. The van der Waals surface area contributed by atoms with Crippen molar-refractivity contribution < 1.29 is 9.18 Å². The first kappa shape index (κ1) is 12.7. The lowest BCUT2D eigenvalue weighted by molar-refractivity contribution is 0.0936. The highest BCUT2D eigenvalue weighted by Crippen LogP contribution is 2.70. The smallest absolute Gasteiger partial charge is 0.267 e. The van der Waals surface area contributed by atoms with Crippen LogP contribution in [0, 0.1) is 24.1 Å². The summed E-state index contributed by atoms with van der Waals surface area (Å²) in [5.41, 5.74) is 3.51. The fraction of sp³-hybridized carbons (Fsp3) is 0.412. The molecular weight excluding hydrogens is 267 g/mol. The zero-order chi connectivity index (χ0) is 14.9. The third kappa shape index (κ3) is 1.53. The van der Waals surface area contributed by atoms with Gasteiger partial charge in [-0.2, -0.15) is 5.10 Å². The van der Waals surface area contributed by atoms with Crippen molar-refractivity contribution in [3.05, 3.63) is 52.6 Å². The van der Waals surface area contributed by atoms with Crippen molar-refractivity contribution >= 4 is 5.91 Å². The van der Waals surface area contributed by atoms with Gasteiger partial charge in [0, 0.05) is 5.56 Å². The normalized spacial score (nSPS) is 24.6. The molecule has 21 heavy (non-hydrogen) atoms. The molecular formula is C17H17FN2O. The molecule has 108 valence electrons. The van der Waals surface area contributed by atoms with Crippen LogP contribution in [0.25, 0.3) is 0 Å². The maximum absolute atomic E-state index is 13.8. The van der Waals surface area contributed by atoms with Gasteiger partial charge in [0.05, 0.1) is 17.0 Å². The summed E-state index contributed by atoms with van der Waals surface area (Å²) in [6.45, 7) is 6.47. The Morgan fingerprint density at radius 1 is 1.38 bits per heavy atom. The Balaban J connectivity index is 1.80. The molecule has 2 aliphatic carbocycles. The van der Waals surface area contributed by atoms with E-state index in [1.807, 2.05) is 6.92 Å². The Bertz CT molecular complexity index is 775. The van der Waals surface area contributed by atoms with Gasteiger partial charge in [0.25, 0.3) is 5.91 Å². The fourth-order valence-electron chi connectivity index (χ4n) is 4.01. The lowest BCUT2D eigenvalue weighted by atomic mass is 9.98. The van der Waals surface area contributed by atoms with Crippen LogP contribution in [0.2, 0.25) is 0 Å². The molecule has 1 fully saturated rings. The molecule has 2 unspecified atom stereocenters. The first-order valence-electron chi connectivity index (χ1n) is 7.30. The second-order valence-corrected chi connectivity index (χ2v) is 6.75. The van der Waals surface area contributed by atoms with Crippen LogP contribution in [0.3, 0.4) is 0 Å². The van der Waals surface area contributed by atoms with Gasteiger partial charge in [-0.25, -0.2) is 9.07 Å². The van der Waals surface area contributed by atoms with Crippen LogP contribution >= 0.6 is 0 Å². The van der Waals surface area contributed by atoms with Crippen molar-refractivity contribution in [1.29, 1.82) is 0 Å². The van der Waals surface area contributed by atoms with E-state index in [1.54, 1.807) is 12.1 Å². The van der Waals surface area contributed by atoms with Gasteiger partial charge in [-0.15, -0.1) is 0 Å². The number of carbonyl (C=O) groups excluding carboxylic acids is 1. The standard InChI is InChI=1S/C17H17FN2O/c1-9-14-13(8-11-15(14)17(11,2)3)20(19-9)16(21)10-6-4-5-7-12(10)18/h4-7,11,15H,8H2,1-3H3. The molecule has 0 saturated heterocycles. The Labute approximate surface area is 122 Å². The number of hydrogen-bond acceptors (Lipinski definition) is 2. The number of carbonyl (C=O) groups is 1. The third-order valence-corrected chi connectivity index (χ3v) is 5.28. The molecule has 4 heteroatoms. The molecule has 0 N–H and O–H groups in total. The summed E-state index contributed by atoms with van der Waals surface area (Å²) in [6, 6.07) is 6.08. The van der Waals surface area contributed by atoms with Crippen LogP contribution in [0.4, 0.5) is 4.39 Å². The van der Waals surface area contributed by atoms with Crippen LogP contribution in [0.15, 0.2) is 24.3 Å². The molecule has 1 aromatic heterocycles. The number of hydrogen-bond donors (Lipinski definition) is 0. The predicted molar refractivity (Wildman–Crippen MR) is 76.8 cm³/mol. The van der Waals surface area contributed by atoms with E-state index < -0.39 is 5.82 Å². The molecule has 1 saturated carbocycles. The number of benzene rings is 1. The zero-order valence-electron chi connectivity index (χ0n) is 12.4. The number of aromatic nitrogens is 2. The maximum atomic E-state index is 13.8. The molecule has 1 aromatic carbocycles. The van der Waals surface area contributed by atoms with E-state index in [0.717, 1.165) is 17.8 Å². The Kier molecular flexibility index (Phi) is 2.31. The molecule has 0 amide bonds. The SMILES string of the molecule is Cc1nn(C(=O)c2ccccc2F)c2c1C1C(C2)C1(C)C. The van der Waals surface area contributed by atoms with Gasteiger partial charge >= 0.3 is 0 Å². The summed E-state index contributed by atoms with van der Waals surface area (Å²) in [4.78, 5) is 12.6. The number of aryl methyl sites for hydroxylation is 1. The number of fused-ring (bicyclic) bond motifs is 3. The minimum Gasteiger partial charge on any atom is -0.267 e. The molecule has 0 aliphatic heterocycles. The summed E-state index contributed by atoms with van der Waals surface area (Å²) in [6.07, 6.45) is 0.869. The first-order chi connectivity index (χ1) is 9.93. The summed E-state index contributed by atoms with van der Waals surface area (Å²) < 4.78 is 15.3. The lowest BCUT2D eigenvalue weighted by Crippen LogP contribution is -2.18. The Hall–Kier alpha value is -1.97. The monoisotopic (exact) mass is 284 g/mol. The molecule has 4 rings (SSSR count). The van der Waals surface area contributed by atoms with E-state index in [2.05, 4.69) is 18.9 Å². The highest BCUT2D eigenvalue weighted by atomic mass is 19.1. The summed E-state index contributed by atoms with van der Waals surface area (Å²) in [5, 5.41) is 4.39. The van der Waals surface area contributed by atoms with Crippen molar-refractivity contribution in [3.63, 3.8) is 0 Å². The van der Waals surface area contributed by atoms with Gasteiger partial charge in [0.2, 0.25) is 0 Å². The fourth-order valence-corrected chi connectivity index (χ4v) is 4.01. The quantitative estimate of drug-likeness (QED) is 0.805. The topological polar surface area (TPSA) is 34.9 Å². The minimum atomic E-state index is -0.493. The van der Waals surface area contributed by atoms with E-state index in [1.165, 1.54) is 22.4 Å². The molecule has 1 heterocycles. The van der Waals surface area contributed by atoms with Crippen LogP contribution < -0.4 is 0 Å².